The molecule has 0 radical (unpaired) electrons. The van der Waals surface area contributed by atoms with E-state index in [0.717, 1.165) is 18.2 Å². The van der Waals surface area contributed by atoms with E-state index >= 15 is 0 Å². The molecule has 5 nitrogen and oxygen atoms in total. The minimum atomic E-state index is -0.779. The highest BCUT2D eigenvalue weighted by molar-refractivity contribution is 5.66. The number of carboxylic acid groups (broad SMARTS) is 1. The van der Waals surface area contributed by atoms with Crippen molar-refractivity contribution in [3.8, 4) is 0 Å². The first-order valence-electron chi connectivity index (χ1n) is 5.34. The van der Waals surface area contributed by atoms with Crippen LogP contribution >= 0.6 is 0 Å². The van der Waals surface area contributed by atoms with E-state index < -0.39 is 5.97 Å². The Labute approximate surface area is 88.1 Å². The van der Waals surface area contributed by atoms with Gasteiger partial charge in [0.05, 0.1) is 6.42 Å². The zero-order chi connectivity index (χ0) is 10.7. The second-order valence-electron chi connectivity index (χ2n) is 4.09. The van der Waals surface area contributed by atoms with E-state index in [-0.39, 0.29) is 6.42 Å². The van der Waals surface area contributed by atoms with Crippen molar-refractivity contribution in [1.82, 2.24) is 14.8 Å². The van der Waals surface area contributed by atoms with Crippen molar-refractivity contribution in [3.05, 3.63) is 12.2 Å². The molecule has 0 saturated heterocycles. The number of carboxylic acids is 1. The lowest BCUT2D eigenvalue weighted by atomic mass is 9.83. The van der Waals surface area contributed by atoms with E-state index in [0.29, 0.717) is 6.54 Å². The SMILES string of the molecule is O=C(O)CCn1cnnc1CC1CCC1. The van der Waals surface area contributed by atoms with Crippen LogP contribution in [0.5, 0.6) is 0 Å². The summed E-state index contributed by atoms with van der Waals surface area (Å²) in [5.41, 5.74) is 0. The summed E-state index contributed by atoms with van der Waals surface area (Å²) in [5, 5.41) is 16.5. The average molecular weight is 209 g/mol. The maximum atomic E-state index is 10.4. The minimum absolute atomic E-state index is 0.135. The van der Waals surface area contributed by atoms with Crippen molar-refractivity contribution in [2.45, 2.75) is 38.6 Å². The van der Waals surface area contributed by atoms with Crippen LogP contribution in [0, 0.1) is 5.92 Å². The van der Waals surface area contributed by atoms with Crippen LogP contribution in [-0.4, -0.2) is 25.8 Å². The van der Waals surface area contributed by atoms with Gasteiger partial charge in [-0.15, -0.1) is 10.2 Å². The number of rotatable bonds is 5. The third kappa shape index (κ3) is 2.55. The Kier molecular flexibility index (Phi) is 2.99. The van der Waals surface area contributed by atoms with E-state index in [1.165, 1.54) is 19.3 Å². The van der Waals surface area contributed by atoms with Gasteiger partial charge < -0.3 is 9.67 Å². The standard InChI is InChI=1S/C10H15N3O2/c14-10(15)4-5-13-7-11-12-9(13)6-8-2-1-3-8/h7-8H,1-6H2,(H,14,15). The van der Waals surface area contributed by atoms with Gasteiger partial charge in [-0.05, 0) is 5.92 Å². The van der Waals surface area contributed by atoms with Crippen LogP contribution in [0.4, 0.5) is 0 Å². The van der Waals surface area contributed by atoms with E-state index in [9.17, 15) is 4.79 Å². The van der Waals surface area contributed by atoms with Crippen LogP contribution in [0.2, 0.25) is 0 Å². The topological polar surface area (TPSA) is 68.0 Å². The molecule has 0 amide bonds. The second-order valence-corrected chi connectivity index (χ2v) is 4.09. The number of nitrogens with zero attached hydrogens (tertiary/aromatic N) is 3. The van der Waals surface area contributed by atoms with E-state index in [2.05, 4.69) is 10.2 Å². The molecule has 1 heterocycles. The number of aromatic nitrogens is 3. The van der Waals surface area contributed by atoms with Crippen molar-refractivity contribution < 1.29 is 9.90 Å². The van der Waals surface area contributed by atoms with Gasteiger partial charge in [-0.1, -0.05) is 19.3 Å². The van der Waals surface area contributed by atoms with Gasteiger partial charge in [0.15, 0.2) is 0 Å². The molecule has 1 aliphatic carbocycles. The molecular formula is C10H15N3O2. The molecule has 0 spiro atoms. The second kappa shape index (κ2) is 4.42. The molecule has 1 aromatic rings. The molecule has 82 valence electrons. The zero-order valence-corrected chi connectivity index (χ0v) is 8.59. The van der Waals surface area contributed by atoms with Gasteiger partial charge in [-0.3, -0.25) is 4.79 Å². The van der Waals surface area contributed by atoms with Crippen LogP contribution in [0.3, 0.4) is 0 Å². The van der Waals surface area contributed by atoms with Crippen LogP contribution < -0.4 is 0 Å². The van der Waals surface area contributed by atoms with Crippen molar-refractivity contribution in [3.63, 3.8) is 0 Å². The van der Waals surface area contributed by atoms with Crippen molar-refractivity contribution in [2.75, 3.05) is 0 Å². The summed E-state index contributed by atoms with van der Waals surface area (Å²) in [4.78, 5) is 10.4. The lowest BCUT2D eigenvalue weighted by Gasteiger charge is -2.24. The molecule has 1 saturated carbocycles. The molecule has 0 aromatic carbocycles. The number of hydrogen-bond acceptors (Lipinski definition) is 3. The van der Waals surface area contributed by atoms with Gasteiger partial charge in [0.1, 0.15) is 12.2 Å². The van der Waals surface area contributed by atoms with Gasteiger partial charge in [0.25, 0.3) is 0 Å². The maximum Gasteiger partial charge on any atom is 0.305 e. The lowest BCUT2D eigenvalue weighted by molar-refractivity contribution is -0.137. The smallest absolute Gasteiger partial charge is 0.305 e. The number of hydrogen-bond donors (Lipinski definition) is 1. The molecule has 2 rings (SSSR count). The third-order valence-corrected chi connectivity index (χ3v) is 2.96. The fourth-order valence-corrected chi connectivity index (χ4v) is 1.79. The lowest BCUT2D eigenvalue weighted by Crippen LogP contribution is -2.17. The molecule has 0 unspecified atom stereocenters. The average Bonchev–Trinajstić information content (AvgIpc) is 2.55. The largest absolute Gasteiger partial charge is 0.481 e. The third-order valence-electron chi connectivity index (χ3n) is 2.96. The predicted molar refractivity (Wildman–Crippen MR) is 53.3 cm³/mol. The molecule has 1 N–H and O–H groups in total. The zero-order valence-electron chi connectivity index (χ0n) is 8.59. The number of aryl methyl sites for hydroxylation is 1. The molecule has 1 fully saturated rings. The molecule has 0 bridgehead atoms. The molecule has 1 aliphatic rings. The Balaban J connectivity index is 1.91. The van der Waals surface area contributed by atoms with Crippen molar-refractivity contribution in [2.24, 2.45) is 5.92 Å². The van der Waals surface area contributed by atoms with Crippen LogP contribution in [0.1, 0.15) is 31.5 Å². The summed E-state index contributed by atoms with van der Waals surface area (Å²) < 4.78 is 1.85. The van der Waals surface area contributed by atoms with Gasteiger partial charge in [-0.25, -0.2) is 0 Å². The molecule has 5 heteroatoms. The fraction of sp³-hybridized carbons (Fsp3) is 0.700. The van der Waals surface area contributed by atoms with Crippen LogP contribution in [0.15, 0.2) is 6.33 Å². The summed E-state index contributed by atoms with van der Waals surface area (Å²) in [6.07, 6.45) is 6.55. The van der Waals surface area contributed by atoms with E-state index in [1.807, 2.05) is 4.57 Å². The summed E-state index contributed by atoms with van der Waals surface area (Å²) in [5.74, 6) is 0.886. The monoisotopic (exact) mass is 209 g/mol. The Morgan fingerprint density at radius 1 is 1.60 bits per heavy atom. The highest BCUT2D eigenvalue weighted by Gasteiger charge is 2.20. The first kappa shape index (κ1) is 10.1. The summed E-state index contributed by atoms with van der Waals surface area (Å²) >= 11 is 0. The summed E-state index contributed by atoms with van der Waals surface area (Å²) in [6.45, 7) is 0.477. The highest BCUT2D eigenvalue weighted by Crippen LogP contribution is 2.29. The molecule has 15 heavy (non-hydrogen) atoms. The van der Waals surface area contributed by atoms with Gasteiger partial charge in [-0.2, -0.15) is 0 Å². The Morgan fingerprint density at radius 3 is 3.00 bits per heavy atom. The Hall–Kier alpha value is -1.39. The van der Waals surface area contributed by atoms with Crippen LogP contribution in [0.25, 0.3) is 0 Å². The van der Waals surface area contributed by atoms with Crippen molar-refractivity contribution in [1.29, 1.82) is 0 Å². The first-order chi connectivity index (χ1) is 7.25. The first-order valence-corrected chi connectivity index (χ1v) is 5.34. The van der Waals surface area contributed by atoms with E-state index in [1.54, 1.807) is 6.33 Å². The highest BCUT2D eigenvalue weighted by atomic mass is 16.4. The fourth-order valence-electron chi connectivity index (χ4n) is 1.79. The van der Waals surface area contributed by atoms with Gasteiger partial charge in [0, 0.05) is 13.0 Å². The number of carbonyl (C=O) groups is 1. The molecular weight excluding hydrogens is 194 g/mol. The predicted octanol–water partition coefficient (Wildman–Crippen LogP) is 1.10. The summed E-state index contributed by atoms with van der Waals surface area (Å²) in [6, 6.07) is 0. The van der Waals surface area contributed by atoms with Crippen molar-refractivity contribution >= 4 is 5.97 Å². The van der Waals surface area contributed by atoms with Gasteiger partial charge >= 0.3 is 5.97 Å². The molecule has 0 atom stereocenters. The minimum Gasteiger partial charge on any atom is -0.481 e. The maximum absolute atomic E-state index is 10.4. The molecule has 1 aromatic heterocycles. The van der Waals surface area contributed by atoms with E-state index in [4.69, 9.17) is 5.11 Å². The Bertz CT molecular complexity index is 344. The number of aliphatic carboxylic acids is 1. The quantitative estimate of drug-likeness (QED) is 0.788. The Morgan fingerprint density at radius 2 is 2.40 bits per heavy atom. The summed E-state index contributed by atoms with van der Waals surface area (Å²) in [7, 11) is 0. The van der Waals surface area contributed by atoms with Crippen LogP contribution in [-0.2, 0) is 17.8 Å². The normalized spacial score (nSPS) is 16.3. The molecule has 0 aliphatic heterocycles. The van der Waals surface area contributed by atoms with Gasteiger partial charge in [0.2, 0.25) is 0 Å².